The molecule has 0 fully saturated rings. The first-order valence-electron chi connectivity index (χ1n) is 6.88. The second-order valence-electron chi connectivity index (χ2n) is 5.10. The van der Waals surface area contributed by atoms with Gasteiger partial charge in [-0.3, -0.25) is 10.0 Å². The van der Waals surface area contributed by atoms with Gasteiger partial charge in [-0.25, -0.2) is 5.48 Å². The molecule has 1 aromatic heterocycles. The highest BCUT2D eigenvalue weighted by Gasteiger charge is 2.19. The first kappa shape index (κ1) is 15.6. The number of hydrogen-bond donors (Lipinski definition) is 2. The molecule has 0 bridgehead atoms. The maximum Gasteiger partial charge on any atom is 0.250 e. The first-order valence-corrected chi connectivity index (χ1v) is 7.26. The van der Waals surface area contributed by atoms with E-state index < -0.39 is 11.8 Å². The minimum atomic E-state index is -0.422. The molecule has 1 aromatic carbocycles. The van der Waals surface area contributed by atoms with Crippen LogP contribution in [0.3, 0.4) is 0 Å². The van der Waals surface area contributed by atoms with Crippen molar-refractivity contribution < 1.29 is 10.0 Å². The number of rotatable bonds is 4. The van der Waals surface area contributed by atoms with Crippen molar-refractivity contribution in [1.29, 1.82) is 0 Å². The number of amides is 1. The molecule has 0 aliphatic carbocycles. The number of hydroxylamine groups is 1. The van der Waals surface area contributed by atoms with Crippen molar-refractivity contribution in [2.24, 2.45) is 0 Å². The van der Waals surface area contributed by atoms with Gasteiger partial charge in [-0.2, -0.15) is 0 Å². The fourth-order valence-electron chi connectivity index (χ4n) is 2.62. The van der Waals surface area contributed by atoms with Crippen molar-refractivity contribution in [3.8, 4) is 5.69 Å². The molecule has 1 atom stereocenters. The van der Waals surface area contributed by atoms with Crippen LogP contribution in [0.2, 0.25) is 5.02 Å². The summed E-state index contributed by atoms with van der Waals surface area (Å²) >= 11 is 6.40. The Morgan fingerprint density at radius 3 is 2.38 bits per heavy atom. The van der Waals surface area contributed by atoms with Crippen molar-refractivity contribution in [3.63, 3.8) is 0 Å². The van der Waals surface area contributed by atoms with Crippen LogP contribution in [0.15, 0.2) is 30.3 Å². The van der Waals surface area contributed by atoms with Gasteiger partial charge in [0.2, 0.25) is 0 Å². The Balaban J connectivity index is 2.45. The van der Waals surface area contributed by atoms with E-state index in [1.165, 1.54) is 0 Å². The number of halogens is 1. The number of carbonyl (C=O) groups is 1. The van der Waals surface area contributed by atoms with E-state index in [2.05, 4.69) is 4.57 Å². The molecule has 0 spiro atoms. The van der Waals surface area contributed by atoms with Gasteiger partial charge in [0.15, 0.2) is 0 Å². The van der Waals surface area contributed by atoms with Gasteiger partial charge < -0.3 is 4.57 Å². The van der Waals surface area contributed by atoms with Gasteiger partial charge in [-0.05, 0) is 50.1 Å². The summed E-state index contributed by atoms with van der Waals surface area (Å²) in [5.41, 5.74) is 5.59. The molecule has 2 rings (SSSR count). The number of carbonyl (C=O) groups excluding carboxylic acids is 1. The summed E-state index contributed by atoms with van der Waals surface area (Å²) in [6, 6.07) is 9.65. The molecule has 0 saturated carbocycles. The van der Waals surface area contributed by atoms with Gasteiger partial charge in [0.25, 0.3) is 5.91 Å². The summed E-state index contributed by atoms with van der Waals surface area (Å²) in [5.74, 6) is -0.831. The minimum Gasteiger partial charge on any atom is -0.317 e. The summed E-state index contributed by atoms with van der Waals surface area (Å²) in [5, 5.41) is 9.39. The molecule has 0 aliphatic heterocycles. The van der Waals surface area contributed by atoms with Crippen LogP contribution in [-0.2, 0) is 4.79 Å². The van der Waals surface area contributed by atoms with Crippen LogP contribution < -0.4 is 5.48 Å². The van der Waals surface area contributed by atoms with E-state index in [1.807, 2.05) is 45.0 Å². The highest BCUT2D eigenvalue weighted by molar-refractivity contribution is 6.32. The van der Waals surface area contributed by atoms with E-state index in [4.69, 9.17) is 16.8 Å². The molecule has 0 radical (unpaired) electrons. The quantitative estimate of drug-likeness (QED) is 0.668. The van der Waals surface area contributed by atoms with Crippen molar-refractivity contribution in [3.05, 3.63) is 52.3 Å². The molecule has 4 nitrogen and oxygen atoms in total. The van der Waals surface area contributed by atoms with Crippen molar-refractivity contribution in [2.45, 2.75) is 33.1 Å². The van der Waals surface area contributed by atoms with Crippen LogP contribution in [0, 0.1) is 13.8 Å². The molecule has 1 unspecified atom stereocenters. The van der Waals surface area contributed by atoms with Gasteiger partial charge >= 0.3 is 0 Å². The summed E-state index contributed by atoms with van der Waals surface area (Å²) in [7, 11) is 0. The van der Waals surface area contributed by atoms with E-state index in [0.29, 0.717) is 11.4 Å². The van der Waals surface area contributed by atoms with E-state index in [1.54, 1.807) is 11.5 Å². The van der Waals surface area contributed by atoms with E-state index in [9.17, 15) is 4.79 Å². The molecule has 2 N–H and O–H groups in total. The Hall–Kier alpha value is -1.78. The molecular formula is C16H19ClN2O2. The smallest absolute Gasteiger partial charge is 0.250 e. The molecule has 5 heteroatoms. The molecular weight excluding hydrogens is 288 g/mol. The average molecular weight is 307 g/mol. The molecule has 0 saturated heterocycles. The zero-order chi connectivity index (χ0) is 15.6. The number of benzene rings is 1. The molecule has 112 valence electrons. The lowest BCUT2D eigenvalue weighted by Crippen LogP contribution is -2.25. The van der Waals surface area contributed by atoms with Crippen LogP contribution in [-0.4, -0.2) is 15.7 Å². The summed E-state index contributed by atoms with van der Waals surface area (Å²) < 4.78 is 2.07. The third-order valence-corrected chi connectivity index (χ3v) is 4.02. The van der Waals surface area contributed by atoms with Crippen molar-refractivity contribution >= 4 is 17.5 Å². The fraction of sp³-hybridized carbons (Fsp3) is 0.312. The van der Waals surface area contributed by atoms with Crippen LogP contribution in [0.25, 0.3) is 5.69 Å². The maximum atomic E-state index is 11.7. The van der Waals surface area contributed by atoms with E-state index >= 15 is 0 Å². The Bertz CT molecular complexity index is 645. The second-order valence-corrected chi connectivity index (χ2v) is 5.51. The topological polar surface area (TPSA) is 54.3 Å². The lowest BCUT2D eigenvalue weighted by molar-refractivity contribution is -0.130. The van der Waals surface area contributed by atoms with Gasteiger partial charge in [0.1, 0.15) is 0 Å². The van der Waals surface area contributed by atoms with E-state index in [0.717, 1.165) is 22.6 Å². The molecule has 1 heterocycles. The van der Waals surface area contributed by atoms with Crippen LogP contribution >= 0.6 is 11.6 Å². The average Bonchev–Trinajstić information content (AvgIpc) is 2.79. The lowest BCUT2D eigenvalue weighted by atomic mass is 9.95. The van der Waals surface area contributed by atoms with Crippen LogP contribution in [0.4, 0.5) is 0 Å². The number of aromatic nitrogens is 1. The fourth-order valence-corrected chi connectivity index (χ4v) is 2.89. The Morgan fingerprint density at radius 2 is 1.90 bits per heavy atom. The van der Waals surface area contributed by atoms with Gasteiger partial charge in [-0.1, -0.05) is 24.6 Å². The Labute approximate surface area is 129 Å². The SMILES string of the molecule is CCC(C(=O)NO)c1ccc(-n2c(C)ccc2C)c(Cl)c1. The lowest BCUT2D eigenvalue weighted by Gasteiger charge is -2.16. The van der Waals surface area contributed by atoms with Crippen molar-refractivity contribution in [1.82, 2.24) is 10.0 Å². The predicted octanol–water partition coefficient (Wildman–Crippen LogP) is 3.75. The number of nitrogens with one attached hydrogen (secondary N) is 1. The largest absolute Gasteiger partial charge is 0.317 e. The summed E-state index contributed by atoms with van der Waals surface area (Å²) in [4.78, 5) is 11.7. The standard InChI is InChI=1S/C16H19ClN2O2/c1-4-13(16(20)18-21)12-7-8-15(14(17)9-12)19-10(2)5-6-11(19)3/h5-9,13,21H,4H2,1-3H3,(H,18,20). The summed E-state index contributed by atoms with van der Waals surface area (Å²) in [6.07, 6.45) is 0.587. The third kappa shape index (κ3) is 2.96. The molecule has 1 amide bonds. The van der Waals surface area contributed by atoms with E-state index in [-0.39, 0.29) is 0 Å². The number of aryl methyl sites for hydroxylation is 2. The van der Waals surface area contributed by atoms with Crippen molar-refractivity contribution in [2.75, 3.05) is 0 Å². The normalized spacial score (nSPS) is 12.2. The zero-order valence-electron chi connectivity index (χ0n) is 12.4. The van der Waals surface area contributed by atoms with Crippen LogP contribution in [0.5, 0.6) is 0 Å². The third-order valence-electron chi connectivity index (χ3n) is 3.72. The predicted molar refractivity (Wildman–Crippen MR) is 83.2 cm³/mol. The summed E-state index contributed by atoms with van der Waals surface area (Å²) in [6.45, 7) is 5.93. The zero-order valence-corrected chi connectivity index (χ0v) is 13.1. The maximum absolute atomic E-state index is 11.7. The second kappa shape index (κ2) is 6.33. The Morgan fingerprint density at radius 1 is 1.29 bits per heavy atom. The van der Waals surface area contributed by atoms with Crippen LogP contribution in [0.1, 0.15) is 36.2 Å². The number of nitrogens with zero attached hydrogens (tertiary/aromatic N) is 1. The minimum absolute atomic E-state index is 0.409. The van der Waals surface area contributed by atoms with Gasteiger partial charge in [0, 0.05) is 11.4 Å². The monoisotopic (exact) mass is 306 g/mol. The molecule has 2 aromatic rings. The molecule has 21 heavy (non-hydrogen) atoms. The van der Waals surface area contributed by atoms with Gasteiger partial charge in [-0.15, -0.1) is 0 Å². The highest BCUT2D eigenvalue weighted by atomic mass is 35.5. The van der Waals surface area contributed by atoms with Gasteiger partial charge in [0.05, 0.1) is 16.6 Å². The molecule has 0 aliphatic rings. The highest BCUT2D eigenvalue weighted by Crippen LogP contribution is 2.29. The number of hydrogen-bond acceptors (Lipinski definition) is 2. The first-order chi connectivity index (χ1) is 9.99. The Kier molecular flexibility index (Phi) is 4.70.